The highest BCUT2D eigenvalue weighted by molar-refractivity contribution is 7.92. The molecule has 0 amide bonds. The number of sulfone groups is 1. The second-order valence-corrected chi connectivity index (χ2v) is 11.0. The third kappa shape index (κ3) is 3.93. The molecule has 1 fully saturated rings. The normalized spacial score (nSPS) is 17.7. The average Bonchev–Trinajstić information content (AvgIpc) is 3.50. The Kier molecular flexibility index (Phi) is 5.18. The van der Waals surface area contributed by atoms with Crippen molar-refractivity contribution < 1.29 is 8.42 Å². The van der Waals surface area contributed by atoms with Crippen molar-refractivity contribution in [3.63, 3.8) is 0 Å². The number of para-hydroxylation sites is 1. The van der Waals surface area contributed by atoms with Crippen molar-refractivity contribution in [3.8, 4) is 0 Å². The molecule has 0 radical (unpaired) electrons. The number of fused-ring (bicyclic) bond motifs is 1. The van der Waals surface area contributed by atoms with Gasteiger partial charge in [0.25, 0.3) is 0 Å². The summed E-state index contributed by atoms with van der Waals surface area (Å²) in [7, 11) is -3.33. The maximum absolute atomic E-state index is 12.6. The van der Waals surface area contributed by atoms with E-state index in [0.29, 0.717) is 10.1 Å². The predicted octanol–water partition coefficient (Wildman–Crippen LogP) is 4.59. The van der Waals surface area contributed by atoms with Crippen LogP contribution in [0, 0.1) is 0 Å². The molecule has 0 aliphatic carbocycles. The van der Waals surface area contributed by atoms with Crippen molar-refractivity contribution in [3.05, 3.63) is 83.7 Å². The van der Waals surface area contributed by atoms with Crippen LogP contribution in [0.25, 0.3) is 10.9 Å². The molecule has 2 aromatic carbocycles. The van der Waals surface area contributed by atoms with Crippen LogP contribution in [0.4, 0.5) is 0 Å². The van der Waals surface area contributed by atoms with Gasteiger partial charge in [-0.25, -0.2) is 8.42 Å². The van der Waals surface area contributed by atoms with Gasteiger partial charge in [0.2, 0.25) is 0 Å². The summed E-state index contributed by atoms with van der Waals surface area (Å²) in [6.07, 6.45) is 4.74. The van der Waals surface area contributed by atoms with Gasteiger partial charge < -0.3 is 4.98 Å². The van der Waals surface area contributed by atoms with E-state index in [1.807, 2.05) is 12.1 Å². The Balaban J connectivity index is 1.28. The van der Waals surface area contributed by atoms with Crippen LogP contribution in [0.1, 0.15) is 29.0 Å². The minimum absolute atomic E-state index is 0.0226. The van der Waals surface area contributed by atoms with Gasteiger partial charge in [-0.1, -0.05) is 42.5 Å². The molecule has 1 saturated heterocycles. The zero-order chi connectivity index (χ0) is 20.6. The number of likely N-dealkylation sites (tertiary alicyclic amines) is 1. The molecule has 5 nitrogen and oxygen atoms in total. The second-order valence-electron chi connectivity index (χ2n) is 7.92. The van der Waals surface area contributed by atoms with Crippen LogP contribution >= 0.6 is 11.5 Å². The average molecular weight is 438 g/mol. The molecule has 1 atom stereocenters. The van der Waals surface area contributed by atoms with Crippen LogP contribution < -0.4 is 0 Å². The molecule has 1 unspecified atom stereocenters. The molecule has 0 spiro atoms. The van der Waals surface area contributed by atoms with Crippen LogP contribution in [0.15, 0.2) is 71.2 Å². The molecular formula is C23H23N3O2S2. The van der Waals surface area contributed by atoms with Crippen molar-refractivity contribution in [2.45, 2.75) is 28.8 Å². The molecule has 4 aromatic rings. The third-order valence-corrected chi connectivity index (χ3v) is 8.83. The van der Waals surface area contributed by atoms with Gasteiger partial charge in [0.1, 0.15) is 4.21 Å². The summed E-state index contributed by atoms with van der Waals surface area (Å²) in [6.45, 7) is 2.97. The fourth-order valence-electron chi connectivity index (χ4n) is 4.34. The van der Waals surface area contributed by atoms with Crippen LogP contribution in [0.5, 0.6) is 0 Å². The first-order valence-corrected chi connectivity index (χ1v) is 12.5. The lowest BCUT2D eigenvalue weighted by molar-refractivity contribution is 0.328. The summed E-state index contributed by atoms with van der Waals surface area (Å²) < 4.78 is 29.4. The Morgan fingerprint density at radius 2 is 2.03 bits per heavy atom. The Labute approximate surface area is 180 Å². The number of aromatic nitrogens is 2. The number of rotatable bonds is 6. The van der Waals surface area contributed by atoms with Crippen molar-refractivity contribution in [2.24, 2.45) is 0 Å². The molecule has 2 aromatic heterocycles. The van der Waals surface area contributed by atoms with Gasteiger partial charge in [-0.15, -0.1) is 0 Å². The van der Waals surface area contributed by atoms with Crippen LogP contribution in [-0.4, -0.2) is 35.8 Å². The van der Waals surface area contributed by atoms with Crippen LogP contribution in [-0.2, 0) is 22.1 Å². The minimum Gasteiger partial charge on any atom is -0.361 e. The van der Waals surface area contributed by atoms with E-state index in [0.717, 1.165) is 43.2 Å². The first-order chi connectivity index (χ1) is 14.6. The molecule has 154 valence electrons. The van der Waals surface area contributed by atoms with Gasteiger partial charge in [-0.3, -0.25) is 4.90 Å². The van der Waals surface area contributed by atoms with E-state index in [9.17, 15) is 8.42 Å². The van der Waals surface area contributed by atoms with Crippen molar-refractivity contribution in [1.29, 1.82) is 0 Å². The van der Waals surface area contributed by atoms with E-state index < -0.39 is 9.84 Å². The summed E-state index contributed by atoms with van der Waals surface area (Å²) in [6, 6.07) is 18.1. The van der Waals surface area contributed by atoms with Gasteiger partial charge in [-0.2, -0.15) is 4.37 Å². The summed E-state index contributed by atoms with van der Waals surface area (Å²) in [4.78, 5) is 5.85. The highest BCUT2D eigenvalue weighted by atomic mass is 32.2. The molecule has 3 heterocycles. The van der Waals surface area contributed by atoms with E-state index in [-0.39, 0.29) is 5.75 Å². The molecule has 7 heteroatoms. The van der Waals surface area contributed by atoms with Gasteiger partial charge in [-0.05, 0) is 59.2 Å². The number of hydrogen-bond donors (Lipinski definition) is 1. The van der Waals surface area contributed by atoms with Crippen molar-refractivity contribution >= 4 is 32.3 Å². The molecule has 0 bridgehead atoms. The Hall–Kier alpha value is -2.48. The fourth-order valence-corrected chi connectivity index (χ4v) is 6.48. The van der Waals surface area contributed by atoms with E-state index in [4.69, 9.17) is 0 Å². The fraction of sp³-hybridized carbons (Fsp3) is 0.261. The van der Waals surface area contributed by atoms with Crippen LogP contribution in [0.3, 0.4) is 0 Å². The molecule has 1 aliphatic heterocycles. The second kappa shape index (κ2) is 7.98. The number of nitrogens with one attached hydrogen (secondary N) is 1. The molecular weight excluding hydrogens is 414 g/mol. The topological polar surface area (TPSA) is 66.1 Å². The molecule has 30 heavy (non-hydrogen) atoms. The quantitative estimate of drug-likeness (QED) is 0.479. The lowest BCUT2D eigenvalue weighted by atomic mass is 9.97. The maximum Gasteiger partial charge on any atom is 0.193 e. The zero-order valence-electron chi connectivity index (χ0n) is 16.5. The number of benzene rings is 2. The first-order valence-electron chi connectivity index (χ1n) is 10.1. The SMILES string of the molecule is O=S(=O)(Cc1cccc(C2CCN(Cc3c[nH]c4ccccc34)C2)c1)c1ccns1. The van der Waals surface area contributed by atoms with Crippen molar-refractivity contribution in [2.75, 3.05) is 13.1 Å². The Bertz CT molecular complexity index is 1260. The van der Waals surface area contributed by atoms with Crippen molar-refractivity contribution in [1.82, 2.24) is 14.3 Å². The predicted molar refractivity (Wildman–Crippen MR) is 120 cm³/mol. The van der Waals surface area contributed by atoms with E-state index in [1.54, 1.807) is 6.07 Å². The molecule has 5 rings (SSSR count). The lowest BCUT2D eigenvalue weighted by Crippen LogP contribution is -2.19. The summed E-state index contributed by atoms with van der Waals surface area (Å²) in [5, 5.41) is 1.29. The maximum atomic E-state index is 12.6. The molecule has 1 N–H and O–H groups in total. The van der Waals surface area contributed by atoms with Gasteiger partial charge >= 0.3 is 0 Å². The zero-order valence-corrected chi connectivity index (χ0v) is 18.1. The van der Waals surface area contributed by atoms with Crippen LogP contribution in [0.2, 0.25) is 0 Å². The largest absolute Gasteiger partial charge is 0.361 e. The number of hydrogen-bond acceptors (Lipinski definition) is 5. The first kappa shape index (κ1) is 19.5. The highest BCUT2D eigenvalue weighted by Crippen LogP contribution is 2.30. The highest BCUT2D eigenvalue weighted by Gasteiger charge is 2.25. The lowest BCUT2D eigenvalue weighted by Gasteiger charge is -2.16. The number of nitrogens with zero attached hydrogens (tertiary/aromatic N) is 2. The van der Waals surface area contributed by atoms with E-state index in [2.05, 4.69) is 56.9 Å². The summed E-state index contributed by atoms with van der Waals surface area (Å²) >= 11 is 1.03. The Morgan fingerprint density at radius 3 is 2.90 bits per heavy atom. The number of H-pyrrole nitrogens is 1. The molecule has 1 aliphatic rings. The van der Waals surface area contributed by atoms with E-state index >= 15 is 0 Å². The monoisotopic (exact) mass is 437 g/mol. The number of aromatic amines is 1. The standard InChI is InChI=1S/C23H23N3O2S2/c27-30(28,23-8-10-25-29-23)16-17-4-3-5-18(12-17)19-9-11-26(14-19)15-20-13-24-22-7-2-1-6-21(20)22/h1-8,10,12-13,19,24H,9,11,14-16H2. The van der Waals surface area contributed by atoms with E-state index in [1.165, 1.54) is 28.2 Å². The van der Waals surface area contributed by atoms with Gasteiger partial charge in [0.15, 0.2) is 9.84 Å². The Morgan fingerprint density at radius 1 is 1.13 bits per heavy atom. The summed E-state index contributed by atoms with van der Waals surface area (Å²) in [5.41, 5.74) is 4.58. The molecule has 0 saturated carbocycles. The minimum atomic E-state index is -3.33. The smallest absolute Gasteiger partial charge is 0.193 e. The summed E-state index contributed by atoms with van der Waals surface area (Å²) in [5.74, 6) is 0.454. The van der Waals surface area contributed by atoms with Gasteiger partial charge in [0.05, 0.1) is 5.75 Å². The van der Waals surface area contributed by atoms with Gasteiger partial charge in [0, 0.05) is 36.4 Å². The third-order valence-electron chi connectivity index (χ3n) is 5.84.